The number of nitrogens with zero attached hydrogens (tertiary/aromatic N) is 3. The lowest BCUT2D eigenvalue weighted by Gasteiger charge is -2.31. The van der Waals surface area contributed by atoms with E-state index in [0.717, 1.165) is 69.8 Å². The molecule has 1 saturated heterocycles. The van der Waals surface area contributed by atoms with Crippen LogP contribution in [0.15, 0.2) is 4.99 Å². The molecule has 1 aliphatic heterocycles. The van der Waals surface area contributed by atoms with Crippen molar-refractivity contribution in [2.75, 3.05) is 46.8 Å². The highest BCUT2D eigenvalue weighted by Crippen LogP contribution is 2.28. The molecule has 2 fully saturated rings. The Morgan fingerprint density at radius 3 is 2.41 bits per heavy atom. The van der Waals surface area contributed by atoms with E-state index in [4.69, 9.17) is 5.73 Å². The van der Waals surface area contributed by atoms with Gasteiger partial charge in [0.2, 0.25) is 5.91 Å². The van der Waals surface area contributed by atoms with E-state index < -0.39 is 0 Å². The first-order valence-corrected chi connectivity index (χ1v) is 10.9. The normalized spacial score (nSPS) is 25.4. The van der Waals surface area contributed by atoms with Crippen LogP contribution in [-0.4, -0.2) is 68.5 Å². The maximum absolute atomic E-state index is 11.2. The maximum Gasteiger partial charge on any atom is 0.220 e. The smallest absolute Gasteiger partial charge is 0.220 e. The monoisotopic (exact) mass is 379 g/mol. The van der Waals surface area contributed by atoms with Crippen molar-refractivity contribution in [1.82, 2.24) is 15.1 Å². The topological polar surface area (TPSA) is 74.0 Å². The average molecular weight is 380 g/mol. The number of unbranched alkanes of at least 4 members (excludes halogenated alkanes) is 1. The molecular weight excluding hydrogens is 338 g/mol. The van der Waals surface area contributed by atoms with E-state index in [1.54, 1.807) is 0 Å². The van der Waals surface area contributed by atoms with Crippen molar-refractivity contribution < 1.29 is 4.79 Å². The number of nitrogens with one attached hydrogen (secondary N) is 1. The van der Waals surface area contributed by atoms with Gasteiger partial charge < -0.3 is 20.9 Å². The van der Waals surface area contributed by atoms with Crippen LogP contribution >= 0.6 is 0 Å². The minimum atomic E-state index is -0.128. The van der Waals surface area contributed by atoms with Gasteiger partial charge in [0, 0.05) is 33.1 Å². The van der Waals surface area contributed by atoms with Crippen LogP contribution in [0.3, 0.4) is 0 Å². The molecule has 6 nitrogen and oxygen atoms in total. The summed E-state index contributed by atoms with van der Waals surface area (Å²) in [6.07, 6.45) is 9.63. The Hall–Kier alpha value is -1.30. The highest BCUT2D eigenvalue weighted by atomic mass is 16.1. The van der Waals surface area contributed by atoms with Gasteiger partial charge in [0.1, 0.15) is 0 Å². The minimum absolute atomic E-state index is 0.0918. The Labute approximate surface area is 165 Å². The summed E-state index contributed by atoms with van der Waals surface area (Å²) in [4.78, 5) is 20.4. The lowest BCUT2D eigenvalue weighted by Crippen LogP contribution is -2.42. The van der Waals surface area contributed by atoms with E-state index in [0.29, 0.717) is 0 Å². The average Bonchev–Trinajstić information content (AvgIpc) is 2.66. The zero-order valence-corrected chi connectivity index (χ0v) is 17.8. The number of carbonyl (C=O) groups is 1. The summed E-state index contributed by atoms with van der Waals surface area (Å²) in [5.41, 5.74) is 5.40. The van der Waals surface area contributed by atoms with Gasteiger partial charge in [0.15, 0.2) is 5.96 Å². The summed E-state index contributed by atoms with van der Waals surface area (Å²) in [5.74, 6) is 2.71. The van der Waals surface area contributed by atoms with Gasteiger partial charge in [-0.3, -0.25) is 9.79 Å². The molecule has 0 aromatic rings. The number of aliphatic imine (C=N–C) groups is 1. The van der Waals surface area contributed by atoms with E-state index in [2.05, 4.69) is 34.1 Å². The zero-order chi connectivity index (χ0) is 19.6. The van der Waals surface area contributed by atoms with Crippen LogP contribution in [0.2, 0.25) is 0 Å². The molecule has 0 radical (unpaired) electrons. The van der Waals surface area contributed by atoms with E-state index >= 15 is 0 Å². The largest absolute Gasteiger partial charge is 0.369 e. The third kappa shape index (κ3) is 7.68. The summed E-state index contributed by atoms with van der Waals surface area (Å²) >= 11 is 0. The summed E-state index contributed by atoms with van der Waals surface area (Å²) in [7, 11) is 4.04. The number of carbonyl (C=O) groups excluding carboxylic acids is 1. The van der Waals surface area contributed by atoms with Crippen LogP contribution in [0, 0.1) is 17.8 Å². The van der Waals surface area contributed by atoms with Gasteiger partial charge in [-0.15, -0.1) is 0 Å². The summed E-state index contributed by atoms with van der Waals surface area (Å²) in [5, 5.41) is 3.52. The van der Waals surface area contributed by atoms with Crippen LogP contribution in [0.25, 0.3) is 0 Å². The molecule has 1 aliphatic carbocycles. The standard InChI is InChI=1S/C21H41N5O/c1-17-6-8-18(9-7-17)16-25(3)21(23-2)24-12-4-5-13-26-14-10-19(11-15-26)20(22)27/h17-19H,4-16H2,1-3H3,(H2,22,27)(H,23,24). The predicted octanol–water partition coefficient (Wildman–Crippen LogP) is 2.30. The highest BCUT2D eigenvalue weighted by molar-refractivity contribution is 5.79. The van der Waals surface area contributed by atoms with Gasteiger partial charge in [-0.2, -0.15) is 0 Å². The Morgan fingerprint density at radius 1 is 1.15 bits per heavy atom. The molecule has 1 amide bonds. The summed E-state index contributed by atoms with van der Waals surface area (Å²) in [6.45, 7) is 7.58. The molecule has 2 rings (SSSR count). The van der Waals surface area contributed by atoms with E-state index in [1.807, 2.05) is 7.05 Å². The van der Waals surface area contributed by atoms with Crippen LogP contribution in [0.4, 0.5) is 0 Å². The van der Waals surface area contributed by atoms with E-state index in [1.165, 1.54) is 32.1 Å². The quantitative estimate of drug-likeness (QED) is 0.385. The fourth-order valence-corrected chi connectivity index (χ4v) is 4.47. The molecule has 0 spiro atoms. The molecule has 27 heavy (non-hydrogen) atoms. The van der Waals surface area contributed by atoms with Crippen LogP contribution < -0.4 is 11.1 Å². The zero-order valence-electron chi connectivity index (χ0n) is 17.8. The Balaban J connectivity index is 1.56. The number of piperidine rings is 1. The fraction of sp³-hybridized carbons (Fsp3) is 0.905. The van der Waals surface area contributed by atoms with Crippen LogP contribution in [0.5, 0.6) is 0 Å². The molecule has 0 aromatic carbocycles. The Morgan fingerprint density at radius 2 is 1.81 bits per heavy atom. The lowest BCUT2D eigenvalue weighted by molar-refractivity contribution is -0.123. The van der Waals surface area contributed by atoms with Gasteiger partial charge in [0.25, 0.3) is 0 Å². The second-order valence-electron chi connectivity index (χ2n) is 8.71. The SMILES string of the molecule is CN=C(NCCCCN1CCC(C(N)=O)CC1)N(C)CC1CCC(C)CC1. The number of likely N-dealkylation sites (tertiary alicyclic amines) is 1. The molecule has 0 aromatic heterocycles. The number of guanidine groups is 1. The van der Waals surface area contributed by atoms with Crippen LogP contribution in [0.1, 0.15) is 58.3 Å². The molecule has 1 saturated carbocycles. The van der Waals surface area contributed by atoms with Crippen molar-refractivity contribution >= 4 is 11.9 Å². The highest BCUT2D eigenvalue weighted by Gasteiger charge is 2.23. The fourth-order valence-electron chi connectivity index (χ4n) is 4.47. The van der Waals surface area contributed by atoms with Crippen molar-refractivity contribution in [2.24, 2.45) is 28.5 Å². The first-order chi connectivity index (χ1) is 13.0. The van der Waals surface area contributed by atoms with Gasteiger partial charge in [-0.1, -0.05) is 19.8 Å². The molecule has 1 heterocycles. The van der Waals surface area contributed by atoms with Gasteiger partial charge >= 0.3 is 0 Å². The molecule has 0 unspecified atom stereocenters. The van der Waals surface area contributed by atoms with Crippen LogP contribution in [-0.2, 0) is 4.79 Å². The van der Waals surface area contributed by atoms with Crippen molar-refractivity contribution in [3.63, 3.8) is 0 Å². The molecule has 0 atom stereocenters. The summed E-state index contributed by atoms with van der Waals surface area (Å²) < 4.78 is 0. The van der Waals surface area contributed by atoms with E-state index in [-0.39, 0.29) is 11.8 Å². The summed E-state index contributed by atoms with van der Waals surface area (Å²) in [6, 6.07) is 0. The predicted molar refractivity (Wildman–Crippen MR) is 113 cm³/mol. The van der Waals surface area contributed by atoms with Gasteiger partial charge in [-0.05, 0) is 70.0 Å². The number of hydrogen-bond donors (Lipinski definition) is 2. The van der Waals surface area contributed by atoms with E-state index in [9.17, 15) is 4.79 Å². The third-order valence-corrected chi connectivity index (χ3v) is 6.42. The van der Waals surface area contributed by atoms with Gasteiger partial charge in [0.05, 0.1) is 0 Å². The minimum Gasteiger partial charge on any atom is -0.369 e. The third-order valence-electron chi connectivity index (χ3n) is 6.42. The molecule has 3 N–H and O–H groups in total. The molecule has 6 heteroatoms. The molecule has 0 bridgehead atoms. The second kappa shape index (κ2) is 11.5. The first-order valence-electron chi connectivity index (χ1n) is 10.9. The number of nitrogens with two attached hydrogens (primary N) is 1. The number of rotatable bonds is 8. The Kier molecular flexibility index (Phi) is 9.39. The van der Waals surface area contributed by atoms with Crippen molar-refractivity contribution in [3.05, 3.63) is 0 Å². The number of hydrogen-bond acceptors (Lipinski definition) is 3. The Bertz CT molecular complexity index is 465. The first kappa shape index (κ1) is 22.0. The lowest BCUT2D eigenvalue weighted by atomic mass is 9.83. The molecule has 156 valence electrons. The van der Waals surface area contributed by atoms with Crippen molar-refractivity contribution in [1.29, 1.82) is 0 Å². The maximum atomic E-state index is 11.2. The second-order valence-corrected chi connectivity index (χ2v) is 8.71. The van der Waals surface area contributed by atoms with Crippen molar-refractivity contribution in [2.45, 2.75) is 58.3 Å². The molecular formula is C21H41N5O. The van der Waals surface area contributed by atoms with Gasteiger partial charge in [-0.25, -0.2) is 0 Å². The van der Waals surface area contributed by atoms with Crippen molar-refractivity contribution in [3.8, 4) is 0 Å². The number of primary amides is 1. The molecule has 2 aliphatic rings. The number of amides is 1.